The first-order chi connectivity index (χ1) is 5.36. The second-order valence-corrected chi connectivity index (χ2v) is 3.83. The van der Waals surface area contributed by atoms with Crippen LogP contribution < -0.4 is 0 Å². The van der Waals surface area contributed by atoms with Gasteiger partial charge in [0.2, 0.25) is 0 Å². The molecule has 1 fully saturated rings. The summed E-state index contributed by atoms with van der Waals surface area (Å²) in [6.07, 6.45) is 10.4. The number of hydrogen-bond acceptors (Lipinski definition) is 1. The first-order valence-corrected chi connectivity index (χ1v) is 4.56. The molecule has 0 spiro atoms. The number of nitrogens with zero attached hydrogens (tertiary/aromatic N) is 1. The summed E-state index contributed by atoms with van der Waals surface area (Å²) in [6.45, 7) is 2.35. The molecule has 0 radical (unpaired) electrons. The second kappa shape index (κ2) is 2.80. The van der Waals surface area contributed by atoms with Crippen LogP contribution in [0.5, 0.6) is 0 Å². The van der Waals surface area contributed by atoms with E-state index >= 15 is 0 Å². The molecule has 1 nitrogen and oxygen atoms in total. The largest absolute Gasteiger partial charge is 0.289 e. The topological polar surface area (TPSA) is 12.4 Å². The van der Waals surface area contributed by atoms with Crippen molar-refractivity contribution in [2.45, 2.75) is 32.2 Å². The highest BCUT2D eigenvalue weighted by atomic mass is 14.8. The molecule has 1 heteroatoms. The minimum Gasteiger partial charge on any atom is -0.289 e. The maximum atomic E-state index is 4.47. The summed E-state index contributed by atoms with van der Waals surface area (Å²) in [4.78, 5) is 4.47. The van der Waals surface area contributed by atoms with Crippen molar-refractivity contribution in [3.05, 3.63) is 12.2 Å². The second-order valence-electron chi connectivity index (χ2n) is 3.83. The first kappa shape index (κ1) is 7.08. The molecule has 0 aromatic rings. The van der Waals surface area contributed by atoms with Gasteiger partial charge in [-0.05, 0) is 37.2 Å². The van der Waals surface area contributed by atoms with E-state index in [1.165, 1.54) is 19.3 Å². The lowest BCUT2D eigenvalue weighted by Crippen LogP contribution is -2.27. The summed E-state index contributed by atoms with van der Waals surface area (Å²) >= 11 is 0. The van der Waals surface area contributed by atoms with Crippen molar-refractivity contribution < 1.29 is 0 Å². The number of hydrogen-bond donors (Lipinski definition) is 0. The van der Waals surface area contributed by atoms with Gasteiger partial charge in [-0.15, -0.1) is 0 Å². The van der Waals surface area contributed by atoms with Gasteiger partial charge in [-0.3, -0.25) is 4.99 Å². The van der Waals surface area contributed by atoms with E-state index in [0.717, 1.165) is 11.8 Å². The zero-order valence-corrected chi connectivity index (χ0v) is 7.03. The Balaban J connectivity index is 2.07. The third-order valence-corrected chi connectivity index (χ3v) is 2.85. The lowest BCUT2D eigenvalue weighted by atomic mass is 9.78. The zero-order valence-electron chi connectivity index (χ0n) is 7.03. The summed E-state index contributed by atoms with van der Waals surface area (Å²) in [7, 11) is 0. The van der Waals surface area contributed by atoms with Gasteiger partial charge in [0, 0.05) is 6.21 Å². The summed E-state index contributed by atoms with van der Waals surface area (Å²) in [6, 6.07) is 0.621. The standard InChI is InChI=1S/C10H15N/c1-8-4-5-10-9(7-8)3-2-6-11-10/h2-3,6,8-10H,4-5,7H2,1H3. The molecule has 1 aliphatic carbocycles. The Hall–Kier alpha value is -0.590. The highest BCUT2D eigenvalue weighted by Crippen LogP contribution is 2.32. The predicted octanol–water partition coefficient (Wildman–Crippen LogP) is 2.43. The van der Waals surface area contributed by atoms with E-state index in [4.69, 9.17) is 0 Å². The van der Waals surface area contributed by atoms with Crippen molar-refractivity contribution in [1.82, 2.24) is 0 Å². The molecule has 2 aliphatic rings. The molecule has 0 saturated heterocycles. The van der Waals surface area contributed by atoms with Crippen LogP contribution in [0.2, 0.25) is 0 Å². The highest BCUT2D eigenvalue weighted by Gasteiger charge is 2.26. The molecule has 1 saturated carbocycles. The third-order valence-electron chi connectivity index (χ3n) is 2.85. The van der Waals surface area contributed by atoms with Crippen molar-refractivity contribution in [1.29, 1.82) is 0 Å². The summed E-state index contributed by atoms with van der Waals surface area (Å²) < 4.78 is 0. The van der Waals surface area contributed by atoms with Gasteiger partial charge in [-0.2, -0.15) is 0 Å². The molecular formula is C10H15N. The fourth-order valence-corrected chi connectivity index (χ4v) is 2.15. The fraction of sp³-hybridized carbons (Fsp3) is 0.700. The molecule has 0 aromatic heterocycles. The quantitative estimate of drug-likeness (QED) is 0.501. The van der Waals surface area contributed by atoms with E-state index in [2.05, 4.69) is 24.1 Å². The maximum Gasteiger partial charge on any atom is 0.0562 e. The lowest BCUT2D eigenvalue weighted by Gasteiger charge is -2.31. The molecular weight excluding hydrogens is 134 g/mol. The molecule has 2 rings (SSSR count). The van der Waals surface area contributed by atoms with Crippen LogP contribution in [-0.4, -0.2) is 12.3 Å². The minimum atomic E-state index is 0.621. The smallest absolute Gasteiger partial charge is 0.0562 e. The van der Waals surface area contributed by atoms with Crippen molar-refractivity contribution in [2.24, 2.45) is 16.8 Å². The van der Waals surface area contributed by atoms with E-state index in [9.17, 15) is 0 Å². The Morgan fingerprint density at radius 3 is 3.18 bits per heavy atom. The number of dihydropyridines is 1. The summed E-state index contributed by atoms with van der Waals surface area (Å²) in [5, 5.41) is 0. The number of rotatable bonds is 0. The van der Waals surface area contributed by atoms with E-state index < -0.39 is 0 Å². The number of allylic oxidation sites excluding steroid dienone is 1. The lowest BCUT2D eigenvalue weighted by molar-refractivity contribution is 0.287. The Labute approximate surface area is 68.2 Å². The van der Waals surface area contributed by atoms with E-state index in [0.29, 0.717) is 6.04 Å². The average molecular weight is 149 g/mol. The van der Waals surface area contributed by atoms with Crippen molar-refractivity contribution in [2.75, 3.05) is 0 Å². The van der Waals surface area contributed by atoms with Gasteiger partial charge in [0.25, 0.3) is 0 Å². The number of aliphatic imine (C=N–C) groups is 1. The van der Waals surface area contributed by atoms with Gasteiger partial charge < -0.3 is 0 Å². The van der Waals surface area contributed by atoms with Crippen molar-refractivity contribution in [3.8, 4) is 0 Å². The van der Waals surface area contributed by atoms with Crippen LogP contribution in [0.4, 0.5) is 0 Å². The molecule has 11 heavy (non-hydrogen) atoms. The molecule has 0 amide bonds. The Morgan fingerprint density at radius 1 is 1.36 bits per heavy atom. The molecule has 1 aliphatic heterocycles. The van der Waals surface area contributed by atoms with E-state index in [1.807, 2.05) is 6.21 Å². The molecule has 0 bridgehead atoms. The summed E-state index contributed by atoms with van der Waals surface area (Å²) in [5.74, 6) is 1.66. The monoisotopic (exact) mass is 149 g/mol. The Bertz CT molecular complexity index is 193. The molecule has 0 aromatic carbocycles. The average Bonchev–Trinajstić information content (AvgIpc) is 2.04. The predicted molar refractivity (Wildman–Crippen MR) is 47.9 cm³/mol. The van der Waals surface area contributed by atoms with Crippen LogP contribution in [-0.2, 0) is 0 Å². The molecule has 3 atom stereocenters. The maximum absolute atomic E-state index is 4.47. The number of fused-ring (bicyclic) bond motifs is 1. The van der Waals surface area contributed by atoms with E-state index in [-0.39, 0.29) is 0 Å². The van der Waals surface area contributed by atoms with Gasteiger partial charge in [-0.25, -0.2) is 0 Å². The Morgan fingerprint density at radius 2 is 2.27 bits per heavy atom. The van der Waals surface area contributed by atoms with Gasteiger partial charge in [-0.1, -0.05) is 13.0 Å². The third kappa shape index (κ3) is 1.37. The van der Waals surface area contributed by atoms with Crippen LogP contribution in [0.15, 0.2) is 17.1 Å². The normalized spacial score (nSPS) is 42.1. The van der Waals surface area contributed by atoms with Gasteiger partial charge >= 0.3 is 0 Å². The fourth-order valence-electron chi connectivity index (χ4n) is 2.15. The zero-order chi connectivity index (χ0) is 7.68. The molecule has 60 valence electrons. The molecule has 1 heterocycles. The van der Waals surface area contributed by atoms with Crippen LogP contribution in [0.25, 0.3) is 0 Å². The van der Waals surface area contributed by atoms with Gasteiger partial charge in [0.15, 0.2) is 0 Å². The minimum absolute atomic E-state index is 0.621. The van der Waals surface area contributed by atoms with Crippen LogP contribution in [0, 0.1) is 11.8 Å². The van der Waals surface area contributed by atoms with Crippen LogP contribution in [0.1, 0.15) is 26.2 Å². The van der Waals surface area contributed by atoms with Gasteiger partial charge in [0.05, 0.1) is 6.04 Å². The van der Waals surface area contributed by atoms with Crippen LogP contribution in [0.3, 0.4) is 0 Å². The van der Waals surface area contributed by atoms with Crippen molar-refractivity contribution in [3.63, 3.8) is 0 Å². The molecule has 3 unspecified atom stereocenters. The first-order valence-electron chi connectivity index (χ1n) is 4.56. The Kier molecular flexibility index (Phi) is 1.80. The van der Waals surface area contributed by atoms with Crippen LogP contribution >= 0.6 is 0 Å². The van der Waals surface area contributed by atoms with E-state index in [1.54, 1.807) is 0 Å². The molecule has 0 N–H and O–H groups in total. The highest BCUT2D eigenvalue weighted by molar-refractivity contribution is 5.72. The SMILES string of the molecule is CC1CCC2N=CC=CC2C1. The summed E-state index contributed by atoms with van der Waals surface area (Å²) in [5.41, 5.74) is 0. The van der Waals surface area contributed by atoms with Gasteiger partial charge in [0.1, 0.15) is 0 Å². The van der Waals surface area contributed by atoms with Crippen molar-refractivity contribution >= 4 is 6.21 Å².